The van der Waals surface area contributed by atoms with Crippen LogP contribution in [0, 0.1) is 0 Å². The number of rotatable bonds is 5. The summed E-state index contributed by atoms with van der Waals surface area (Å²) >= 11 is 0. The number of nitrogens with one attached hydrogen (secondary N) is 1. The van der Waals surface area contributed by atoms with Crippen molar-refractivity contribution in [3.63, 3.8) is 0 Å². The summed E-state index contributed by atoms with van der Waals surface area (Å²) in [6.07, 6.45) is 0. The van der Waals surface area contributed by atoms with Crippen LogP contribution in [0.1, 0.15) is 36.9 Å². The zero-order valence-corrected chi connectivity index (χ0v) is 10.7. The number of likely N-dealkylation sites (N-methyl/N-ethyl adjacent to an activating group) is 1. The van der Waals surface area contributed by atoms with Gasteiger partial charge in [0, 0.05) is 0 Å². The Bertz CT molecular complexity index is 402. The molecule has 1 atom stereocenters. The normalized spacial score (nSPS) is 12.5. The Morgan fingerprint density at radius 3 is 2.47 bits per heavy atom. The van der Waals surface area contributed by atoms with Gasteiger partial charge in [0.15, 0.2) is 0 Å². The molecule has 4 heteroatoms. The van der Waals surface area contributed by atoms with E-state index in [1.54, 1.807) is 20.2 Å². The molecule has 1 aromatic carbocycles. The minimum absolute atomic E-state index is 0.288. The number of benzene rings is 1. The summed E-state index contributed by atoms with van der Waals surface area (Å²) in [6, 6.07) is 4.80. The van der Waals surface area contributed by atoms with Gasteiger partial charge in [-0.2, -0.15) is 0 Å². The number of carbonyl (C=O) groups is 1. The van der Waals surface area contributed by atoms with E-state index >= 15 is 0 Å². The van der Waals surface area contributed by atoms with Crippen LogP contribution in [0.4, 0.5) is 0 Å². The number of hydrogen-bond donors (Lipinski definition) is 2. The quantitative estimate of drug-likeness (QED) is 0.824. The van der Waals surface area contributed by atoms with Crippen LogP contribution in [0.3, 0.4) is 0 Å². The van der Waals surface area contributed by atoms with Gasteiger partial charge in [-0.05, 0) is 36.2 Å². The van der Waals surface area contributed by atoms with Crippen LogP contribution < -0.4 is 10.1 Å². The molecule has 1 rings (SSSR count). The van der Waals surface area contributed by atoms with Crippen molar-refractivity contribution < 1.29 is 14.6 Å². The first-order valence-corrected chi connectivity index (χ1v) is 5.59. The summed E-state index contributed by atoms with van der Waals surface area (Å²) in [7, 11) is 3.26. The Labute approximate surface area is 102 Å². The fraction of sp³-hybridized carbons (Fsp3) is 0.462. The number of ether oxygens (including phenoxy) is 1. The summed E-state index contributed by atoms with van der Waals surface area (Å²) in [5.41, 5.74) is 1.76. The van der Waals surface area contributed by atoms with Crippen LogP contribution in [0.15, 0.2) is 18.2 Å². The van der Waals surface area contributed by atoms with Gasteiger partial charge in [0.25, 0.3) is 0 Å². The average molecular weight is 237 g/mol. The molecule has 0 aliphatic heterocycles. The first-order valence-electron chi connectivity index (χ1n) is 5.59. The second-order valence-electron chi connectivity index (χ2n) is 4.22. The van der Waals surface area contributed by atoms with Crippen LogP contribution in [0.5, 0.6) is 5.75 Å². The topological polar surface area (TPSA) is 58.6 Å². The van der Waals surface area contributed by atoms with Crippen LogP contribution in [-0.4, -0.2) is 25.2 Å². The van der Waals surface area contributed by atoms with E-state index in [0.29, 0.717) is 0 Å². The number of carboxylic acid groups (broad SMARTS) is 1. The number of carboxylic acids is 1. The highest BCUT2D eigenvalue weighted by atomic mass is 16.5. The highest BCUT2D eigenvalue weighted by Crippen LogP contribution is 2.29. The molecule has 94 valence electrons. The monoisotopic (exact) mass is 237 g/mol. The molecular weight excluding hydrogens is 218 g/mol. The Morgan fingerprint density at radius 1 is 1.41 bits per heavy atom. The lowest BCUT2D eigenvalue weighted by Gasteiger charge is -2.17. The molecule has 0 saturated heterocycles. The third-order valence-electron chi connectivity index (χ3n) is 2.74. The molecule has 2 N–H and O–H groups in total. The van der Waals surface area contributed by atoms with Crippen molar-refractivity contribution in [2.75, 3.05) is 14.2 Å². The standard InChI is InChI=1S/C13H19NO3/c1-8(2)10-7-9(5-6-11(10)17-4)12(14-3)13(15)16/h5-8,12,14H,1-4H3,(H,15,16). The molecule has 0 aromatic heterocycles. The highest BCUT2D eigenvalue weighted by Gasteiger charge is 2.19. The Morgan fingerprint density at radius 2 is 2.06 bits per heavy atom. The van der Waals surface area contributed by atoms with Gasteiger partial charge in [-0.15, -0.1) is 0 Å². The first-order chi connectivity index (χ1) is 8.01. The first kappa shape index (κ1) is 13.5. The van der Waals surface area contributed by atoms with Gasteiger partial charge in [0.2, 0.25) is 0 Å². The molecule has 0 spiro atoms. The van der Waals surface area contributed by atoms with Gasteiger partial charge in [0.1, 0.15) is 11.8 Å². The third kappa shape index (κ3) is 2.97. The molecule has 0 aliphatic rings. The highest BCUT2D eigenvalue weighted by molar-refractivity contribution is 5.75. The average Bonchev–Trinajstić information content (AvgIpc) is 2.29. The van der Waals surface area contributed by atoms with E-state index in [9.17, 15) is 4.79 Å². The van der Waals surface area contributed by atoms with E-state index in [0.717, 1.165) is 16.9 Å². The lowest BCUT2D eigenvalue weighted by Crippen LogP contribution is -2.25. The molecule has 4 nitrogen and oxygen atoms in total. The predicted octanol–water partition coefficient (Wildman–Crippen LogP) is 2.16. The van der Waals surface area contributed by atoms with Gasteiger partial charge in [0.05, 0.1) is 7.11 Å². The lowest BCUT2D eigenvalue weighted by atomic mass is 9.96. The van der Waals surface area contributed by atoms with Crippen molar-refractivity contribution in [1.29, 1.82) is 0 Å². The molecule has 1 unspecified atom stereocenters. The maximum absolute atomic E-state index is 11.1. The Hall–Kier alpha value is -1.55. The third-order valence-corrected chi connectivity index (χ3v) is 2.74. The van der Waals surface area contributed by atoms with Gasteiger partial charge in [-0.1, -0.05) is 19.9 Å². The van der Waals surface area contributed by atoms with Crippen molar-refractivity contribution in [3.8, 4) is 5.75 Å². The molecule has 17 heavy (non-hydrogen) atoms. The minimum Gasteiger partial charge on any atom is -0.496 e. The molecule has 0 bridgehead atoms. The van der Waals surface area contributed by atoms with Crippen molar-refractivity contribution in [2.24, 2.45) is 0 Å². The zero-order chi connectivity index (χ0) is 13.0. The molecule has 0 saturated carbocycles. The van der Waals surface area contributed by atoms with E-state index in [1.807, 2.05) is 12.1 Å². The van der Waals surface area contributed by atoms with E-state index in [1.165, 1.54) is 0 Å². The predicted molar refractivity (Wildman–Crippen MR) is 66.5 cm³/mol. The Balaban J connectivity index is 3.19. The van der Waals surface area contributed by atoms with E-state index in [-0.39, 0.29) is 5.92 Å². The van der Waals surface area contributed by atoms with Gasteiger partial charge in [-0.25, -0.2) is 0 Å². The molecule has 0 aliphatic carbocycles. The molecular formula is C13H19NO3. The second-order valence-corrected chi connectivity index (χ2v) is 4.22. The van der Waals surface area contributed by atoms with Gasteiger partial charge < -0.3 is 15.2 Å². The summed E-state index contributed by atoms with van der Waals surface area (Å²) < 4.78 is 5.27. The van der Waals surface area contributed by atoms with Crippen LogP contribution in [0.2, 0.25) is 0 Å². The van der Waals surface area contributed by atoms with E-state index < -0.39 is 12.0 Å². The smallest absolute Gasteiger partial charge is 0.325 e. The molecule has 0 radical (unpaired) electrons. The van der Waals surface area contributed by atoms with Crippen molar-refractivity contribution in [1.82, 2.24) is 5.32 Å². The molecule has 0 amide bonds. The van der Waals surface area contributed by atoms with E-state index in [2.05, 4.69) is 19.2 Å². The molecule has 1 aromatic rings. The number of aliphatic carboxylic acids is 1. The summed E-state index contributed by atoms with van der Waals surface area (Å²) in [6.45, 7) is 4.10. The van der Waals surface area contributed by atoms with Crippen LogP contribution >= 0.6 is 0 Å². The number of methoxy groups -OCH3 is 1. The van der Waals surface area contributed by atoms with E-state index in [4.69, 9.17) is 9.84 Å². The SMILES string of the molecule is CNC(C(=O)O)c1ccc(OC)c(C(C)C)c1. The largest absolute Gasteiger partial charge is 0.496 e. The maximum Gasteiger partial charge on any atom is 0.325 e. The fourth-order valence-electron chi connectivity index (χ4n) is 1.82. The van der Waals surface area contributed by atoms with Gasteiger partial charge in [-0.3, -0.25) is 4.79 Å². The molecule has 0 fully saturated rings. The summed E-state index contributed by atoms with van der Waals surface area (Å²) in [4.78, 5) is 11.1. The van der Waals surface area contributed by atoms with Crippen molar-refractivity contribution >= 4 is 5.97 Å². The number of hydrogen-bond acceptors (Lipinski definition) is 3. The summed E-state index contributed by atoms with van der Waals surface area (Å²) in [5, 5.41) is 11.9. The van der Waals surface area contributed by atoms with Crippen LogP contribution in [-0.2, 0) is 4.79 Å². The minimum atomic E-state index is -0.882. The van der Waals surface area contributed by atoms with Crippen molar-refractivity contribution in [2.45, 2.75) is 25.8 Å². The van der Waals surface area contributed by atoms with Crippen molar-refractivity contribution in [3.05, 3.63) is 29.3 Å². The van der Waals surface area contributed by atoms with Crippen LogP contribution in [0.25, 0.3) is 0 Å². The zero-order valence-electron chi connectivity index (χ0n) is 10.7. The summed E-state index contributed by atoms with van der Waals surface area (Å²) in [5.74, 6) is 0.201. The Kier molecular flexibility index (Phi) is 4.52. The maximum atomic E-state index is 11.1. The van der Waals surface area contributed by atoms with Gasteiger partial charge >= 0.3 is 5.97 Å². The molecule has 0 heterocycles. The lowest BCUT2D eigenvalue weighted by molar-refractivity contribution is -0.139. The second kappa shape index (κ2) is 5.68. The fourth-order valence-corrected chi connectivity index (χ4v) is 1.82.